The molecule has 1 heteroatoms. The normalized spacial score (nSPS) is 18.7. The van der Waals surface area contributed by atoms with Crippen LogP contribution in [0.5, 0.6) is 0 Å². The Balaban J connectivity index is 1.47. The van der Waals surface area contributed by atoms with Crippen molar-refractivity contribution in [2.45, 2.75) is 0 Å². The number of benzene rings is 8. The summed E-state index contributed by atoms with van der Waals surface area (Å²) in [6, 6.07) is -9.92. The zero-order valence-corrected chi connectivity index (χ0v) is 22.8. The Bertz CT molecular complexity index is 3700. The molecule has 0 fully saturated rings. The average molecular weight is 596 g/mol. The van der Waals surface area contributed by atoms with Crippen LogP contribution in [0.25, 0.3) is 88.0 Å². The molecule has 0 aliphatic rings. The first-order valence-corrected chi connectivity index (χ1v) is 13.6. The summed E-state index contributed by atoms with van der Waals surface area (Å²) in [6.07, 6.45) is 0. The lowest BCUT2D eigenvalue weighted by Gasteiger charge is -2.18. The number of fused-ring (bicyclic) bond motifs is 5. The molecule has 1 aromatic heterocycles. The van der Waals surface area contributed by atoms with Gasteiger partial charge in [-0.3, -0.25) is 0 Å². The van der Waals surface area contributed by atoms with Crippen LogP contribution in [0.3, 0.4) is 0 Å². The standard InChI is InChI=1S/C44H28O/c1-3-14-29(15-4-1)33-24-12-26-39-40-27-13-25-34(44(40)45-43(33)39)31-18-11-19-32(28-31)42-37-22-9-7-20-35(37)41(30-16-5-2-6-17-30)36-21-8-10-23-38(36)42/h1-28H/i1D,2D,3D,4D,5D,6D,7D,8D,9D,10D,12D,13D,14D,15D,16D,17D,20D,21D,22D,23D,24D,25D,26D. The van der Waals surface area contributed by atoms with Gasteiger partial charge in [-0.15, -0.1) is 0 Å². The summed E-state index contributed by atoms with van der Waals surface area (Å²) in [5, 5.41) is -1.83. The molecule has 210 valence electrons. The third kappa shape index (κ3) is 4.09. The molecule has 1 nitrogen and oxygen atoms in total. The van der Waals surface area contributed by atoms with Crippen LogP contribution < -0.4 is 0 Å². The van der Waals surface area contributed by atoms with Gasteiger partial charge in [0.05, 0.1) is 31.5 Å². The lowest BCUT2D eigenvalue weighted by Crippen LogP contribution is -1.91. The lowest BCUT2D eigenvalue weighted by atomic mass is 9.85. The van der Waals surface area contributed by atoms with Gasteiger partial charge in [0.15, 0.2) is 0 Å². The van der Waals surface area contributed by atoms with Crippen LogP contribution in [0.1, 0.15) is 31.5 Å². The van der Waals surface area contributed by atoms with E-state index in [2.05, 4.69) is 0 Å². The second kappa shape index (κ2) is 10.4. The van der Waals surface area contributed by atoms with Gasteiger partial charge in [-0.2, -0.15) is 0 Å². The second-order valence-electron chi connectivity index (χ2n) is 9.92. The highest BCUT2D eigenvalue weighted by molar-refractivity contribution is 6.21. The van der Waals surface area contributed by atoms with Gasteiger partial charge in [-0.25, -0.2) is 0 Å². The molecular weight excluding hydrogens is 544 g/mol. The average Bonchev–Trinajstić information content (AvgIpc) is 3.69. The molecule has 0 bridgehead atoms. The number of furan rings is 1. The first-order chi connectivity index (χ1) is 31.9. The molecule has 8 aromatic carbocycles. The van der Waals surface area contributed by atoms with Gasteiger partial charge in [0.1, 0.15) is 11.2 Å². The quantitative estimate of drug-likeness (QED) is 0.184. The molecular formula is C44H28O. The minimum Gasteiger partial charge on any atom is -0.455 e. The van der Waals surface area contributed by atoms with Crippen LogP contribution in [0.15, 0.2) is 174 Å². The Kier molecular flexibility index (Phi) is 2.66. The van der Waals surface area contributed by atoms with Gasteiger partial charge in [0.25, 0.3) is 0 Å². The highest BCUT2D eigenvalue weighted by Crippen LogP contribution is 2.45. The van der Waals surface area contributed by atoms with E-state index >= 15 is 0 Å². The van der Waals surface area contributed by atoms with Gasteiger partial charge in [-0.1, -0.05) is 163 Å². The first kappa shape index (κ1) is 11.5. The summed E-state index contributed by atoms with van der Waals surface area (Å²) in [5.74, 6) is 0. The van der Waals surface area contributed by atoms with Gasteiger partial charge < -0.3 is 4.42 Å². The van der Waals surface area contributed by atoms with Crippen molar-refractivity contribution in [3.05, 3.63) is 169 Å². The SMILES string of the molecule is [2H]c1cc2c(oc3c(-c4c([2H])c([2H])c([2H])c([2H])c4[2H])c([2H])c([2H])c([2H])c32)c(-c2cccc(-c3c4c([2H])c([2H])c([2H])c([2H])c4c(-c4c([2H])c([2H])c([2H])c([2H])c4[2H])c4c([2H])c([2H])c([2H])c([2H])c34)c2)c1[2H]. The van der Waals surface area contributed by atoms with Gasteiger partial charge in [0.2, 0.25) is 0 Å². The van der Waals surface area contributed by atoms with Gasteiger partial charge >= 0.3 is 0 Å². The van der Waals surface area contributed by atoms with E-state index in [1.54, 1.807) is 0 Å². The maximum atomic E-state index is 9.30. The Morgan fingerprint density at radius 1 is 0.356 bits per heavy atom. The summed E-state index contributed by atoms with van der Waals surface area (Å²) in [6.45, 7) is 0. The van der Waals surface area contributed by atoms with E-state index in [-0.39, 0.29) is 55.0 Å². The van der Waals surface area contributed by atoms with Crippen molar-refractivity contribution in [2.75, 3.05) is 0 Å². The van der Waals surface area contributed by atoms with E-state index in [1.807, 2.05) is 0 Å². The number of hydrogen-bond acceptors (Lipinski definition) is 1. The fourth-order valence-corrected chi connectivity index (χ4v) is 5.64. The smallest absolute Gasteiger partial charge is 0.143 e. The highest BCUT2D eigenvalue weighted by atomic mass is 16.3. The molecule has 0 N–H and O–H groups in total. The van der Waals surface area contributed by atoms with Crippen molar-refractivity contribution < 1.29 is 35.9 Å². The topological polar surface area (TPSA) is 13.1 Å². The van der Waals surface area contributed by atoms with Crippen LogP contribution in [-0.2, 0) is 0 Å². The molecule has 0 aliphatic heterocycles. The molecule has 1 heterocycles. The number of rotatable bonds is 4. The van der Waals surface area contributed by atoms with E-state index in [9.17, 15) is 6.85 Å². The molecule has 0 radical (unpaired) electrons. The molecule has 0 spiro atoms. The minimum atomic E-state index is -0.823. The predicted molar refractivity (Wildman–Crippen MR) is 190 cm³/mol. The summed E-state index contributed by atoms with van der Waals surface area (Å²) >= 11 is 0. The molecule has 0 saturated carbocycles. The fraction of sp³-hybridized carbons (Fsp3) is 0. The molecule has 0 amide bonds. The van der Waals surface area contributed by atoms with Crippen molar-refractivity contribution in [2.24, 2.45) is 0 Å². The van der Waals surface area contributed by atoms with Crippen molar-refractivity contribution >= 4 is 43.5 Å². The predicted octanol–water partition coefficient (Wildman–Crippen LogP) is 12.6. The van der Waals surface area contributed by atoms with Crippen LogP contribution >= 0.6 is 0 Å². The summed E-state index contributed by atoms with van der Waals surface area (Å²) in [5.41, 5.74) is -2.87. The lowest BCUT2D eigenvalue weighted by molar-refractivity contribution is 0.671. The Morgan fingerprint density at radius 3 is 1.51 bits per heavy atom. The third-order valence-electron chi connectivity index (χ3n) is 7.50. The molecule has 45 heavy (non-hydrogen) atoms. The molecule has 9 aromatic rings. The van der Waals surface area contributed by atoms with Crippen LogP contribution in [0, 0.1) is 0 Å². The zero-order chi connectivity index (χ0) is 49.8. The zero-order valence-electron chi connectivity index (χ0n) is 45.8. The first-order valence-electron chi connectivity index (χ1n) is 25.1. The maximum Gasteiger partial charge on any atom is 0.143 e. The molecule has 0 aliphatic carbocycles. The van der Waals surface area contributed by atoms with Crippen molar-refractivity contribution in [3.8, 4) is 44.5 Å². The summed E-state index contributed by atoms with van der Waals surface area (Å²) < 4.78 is 208. The Morgan fingerprint density at radius 2 is 0.844 bits per heavy atom. The van der Waals surface area contributed by atoms with E-state index < -0.39 is 172 Å². The van der Waals surface area contributed by atoms with Crippen LogP contribution in [-0.4, -0.2) is 0 Å². The Hall–Kier alpha value is -5.92. The van der Waals surface area contributed by atoms with Crippen LogP contribution in [0.2, 0.25) is 0 Å². The van der Waals surface area contributed by atoms with E-state index in [0.29, 0.717) is 0 Å². The third-order valence-corrected chi connectivity index (χ3v) is 7.50. The number of hydrogen-bond donors (Lipinski definition) is 0. The number of para-hydroxylation sites is 2. The molecule has 0 saturated heterocycles. The van der Waals surface area contributed by atoms with E-state index in [0.717, 1.165) is 0 Å². The fourth-order valence-electron chi connectivity index (χ4n) is 5.64. The minimum absolute atomic E-state index is 0.00195. The summed E-state index contributed by atoms with van der Waals surface area (Å²) in [7, 11) is 0. The molecule has 9 rings (SSSR count). The second-order valence-corrected chi connectivity index (χ2v) is 9.92. The Labute approximate surface area is 293 Å². The van der Waals surface area contributed by atoms with Crippen molar-refractivity contribution in [3.63, 3.8) is 0 Å². The van der Waals surface area contributed by atoms with Crippen LogP contribution in [0.4, 0.5) is 0 Å². The molecule has 0 unspecified atom stereocenters. The van der Waals surface area contributed by atoms with Crippen molar-refractivity contribution in [1.82, 2.24) is 0 Å². The van der Waals surface area contributed by atoms with Gasteiger partial charge in [0, 0.05) is 21.9 Å². The summed E-state index contributed by atoms with van der Waals surface area (Å²) in [4.78, 5) is 0. The maximum absolute atomic E-state index is 9.30. The van der Waals surface area contributed by atoms with E-state index in [1.165, 1.54) is 30.3 Å². The highest BCUT2D eigenvalue weighted by Gasteiger charge is 2.18. The largest absolute Gasteiger partial charge is 0.455 e. The monoisotopic (exact) mass is 595 g/mol. The van der Waals surface area contributed by atoms with Crippen molar-refractivity contribution in [1.29, 1.82) is 0 Å². The van der Waals surface area contributed by atoms with Gasteiger partial charge in [-0.05, 0) is 61.0 Å². The molecule has 0 atom stereocenters. The van der Waals surface area contributed by atoms with E-state index in [4.69, 9.17) is 29.1 Å².